The SMILES string of the molecule is CNCc1cccc(C(C)(C)C)c1. The van der Waals surface area contributed by atoms with Gasteiger partial charge < -0.3 is 5.32 Å². The Morgan fingerprint density at radius 2 is 1.92 bits per heavy atom. The Bertz CT molecular complexity index is 271. The minimum Gasteiger partial charge on any atom is -0.316 e. The summed E-state index contributed by atoms with van der Waals surface area (Å²) in [5.41, 5.74) is 3.01. The molecule has 0 aromatic heterocycles. The summed E-state index contributed by atoms with van der Waals surface area (Å²) in [7, 11) is 1.98. The van der Waals surface area contributed by atoms with E-state index in [2.05, 4.69) is 50.4 Å². The Labute approximate surface area is 81.2 Å². The molecule has 0 aliphatic rings. The Balaban J connectivity index is 2.92. The standard InChI is InChI=1S/C12H19N/c1-12(2,3)11-7-5-6-10(8-11)9-13-4/h5-8,13H,9H2,1-4H3. The molecular weight excluding hydrogens is 158 g/mol. The lowest BCUT2D eigenvalue weighted by molar-refractivity contribution is 0.588. The van der Waals surface area contributed by atoms with Gasteiger partial charge in [-0.2, -0.15) is 0 Å². The lowest BCUT2D eigenvalue weighted by atomic mass is 9.86. The molecule has 13 heavy (non-hydrogen) atoms. The summed E-state index contributed by atoms with van der Waals surface area (Å²) in [5.74, 6) is 0. The van der Waals surface area contributed by atoms with Crippen molar-refractivity contribution in [1.82, 2.24) is 5.32 Å². The Kier molecular flexibility index (Phi) is 3.10. The molecule has 1 N–H and O–H groups in total. The van der Waals surface area contributed by atoms with Crippen LogP contribution in [0, 0.1) is 0 Å². The van der Waals surface area contributed by atoms with Crippen LogP contribution in [0.15, 0.2) is 24.3 Å². The average Bonchev–Trinajstić information content (AvgIpc) is 2.04. The lowest BCUT2D eigenvalue weighted by Crippen LogP contribution is -2.12. The summed E-state index contributed by atoms with van der Waals surface area (Å²) in [4.78, 5) is 0. The molecule has 0 aliphatic heterocycles. The molecule has 0 saturated carbocycles. The van der Waals surface area contributed by atoms with Gasteiger partial charge in [-0.3, -0.25) is 0 Å². The normalized spacial score (nSPS) is 11.7. The first-order valence-electron chi connectivity index (χ1n) is 4.78. The van der Waals surface area contributed by atoms with Gasteiger partial charge in [0, 0.05) is 6.54 Å². The summed E-state index contributed by atoms with van der Waals surface area (Å²) in [6.45, 7) is 7.67. The largest absolute Gasteiger partial charge is 0.316 e. The number of benzene rings is 1. The molecule has 72 valence electrons. The van der Waals surface area contributed by atoms with Crippen LogP contribution in [0.25, 0.3) is 0 Å². The van der Waals surface area contributed by atoms with Gasteiger partial charge >= 0.3 is 0 Å². The first-order valence-corrected chi connectivity index (χ1v) is 4.78. The predicted molar refractivity (Wildman–Crippen MR) is 57.9 cm³/mol. The van der Waals surface area contributed by atoms with E-state index in [0.717, 1.165) is 6.54 Å². The van der Waals surface area contributed by atoms with Crippen molar-refractivity contribution in [3.05, 3.63) is 35.4 Å². The number of hydrogen-bond donors (Lipinski definition) is 1. The van der Waals surface area contributed by atoms with E-state index in [1.165, 1.54) is 11.1 Å². The zero-order chi connectivity index (χ0) is 9.90. The summed E-state index contributed by atoms with van der Waals surface area (Å²) in [6.07, 6.45) is 0. The van der Waals surface area contributed by atoms with E-state index >= 15 is 0 Å². The first kappa shape index (κ1) is 10.3. The predicted octanol–water partition coefficient (Wildman–Crippen LogP) is 2.70. The molecular formula is C12H19N. The Morgan fingerprint density at radius 3 is 2.46 bits per heavy atom. The zero-order valence-electron chi connectivity index (χ0n) is 9.02. The maximum atomic E-state index is 3.16. The molecule has 0 bridgehead atoms. The van der Waals surface area contributed by atoms with Crippen LogP contribution < -0.4 is 5.32 Å². The molecule has 1 heteroatoms. The molecule has 0 saturated heterocycles. The fraction of sp³-hybridized carbons (Fsp3) is 0.500. The van der Waals surface area contributed by atoms with Gasteiger partial charge in [-0.1, -0.05) is 45.0 Å². The van der Waals surface area contributed by atoms with Crippen molar-refractivity contribution in [3.63, 3.8) is 0 Å². The van der Waals surface area contributed by atoms with E-state index in [9.17, 15) is 0 Å². The van der Waals surface area contributed by atoms with Crippen molar-refractivity contribution in [2.75, 3.05) is 7.05 Å². The average molecular weight is 177 g/mol. The van der Waals surface area contributed by atoms with Crippen LogP contribution in [0.3, 0.4) is 0 Å². The highest BCUT2D eigenvalue weighted by Crippen LogP contribution is 2.22. The minimum absolute atomic E-state index is 0.254. The third kappa shape index (κ3) is 2.85. The first-order chi connectivity index (χ1) is 6.04. The maximum Gasteiger partial charge on any atom is 0.0202 e. The lowest BCUT2D eigenvalue weighted by Gasteiger charge is -2.19. The van der Waals surface area contributed by atoms with Crippen LogP contribution in [0.5, 0.6) is 0 Å². The van der Waals surface area contributed by atoms with Gasteiger partial charge in [0.15, 0.2) is 0 Å². The van der Waals surface area contributed by atoms with Crippen molar-refractivity contribution in [2.45, 2.75) is 32.7 Å². The third-order valence-electron chi connectivity index (χ3n) is 2.17. The van der Waals surface area contributed by atoms with Gasteiger partial charge in [0.1, 0.15) is 0 Å². The summed E-state index contributed by atoms with van der Waals surface area (Å²) in [6, 6.07) is 8.76. The van der Waals surface area contributed by atoms with Crippen molar-refractivity contribution < 1.29 is 0 Å². The number of hydrogen-bond acceptors (Lipinski definition) is 1. The molecule has 1 rings (SSSR count). The molecule has 0 atom stereocenters. The van der Waals surface area contributed by atoms with E-state index in [1.54, 1.807) is 0 Å². The fourth-order valence-electron chi connectivity index (χ4n) is 1.35. The van der Waals surface area contributed by atoms with Gasteiger partial charge in [-0.05, 0) is 23.6 Å². The molecule has 0 heterocycles. The van der Waals surface area contributed by atoms with E-state index in [4.69, 9.17) is 0 Å². The monoisotopic (exact) mass is 177 g/mol. The minimum atomic E-state index is 0.254. The zero-order valence-corrected chi connectivity index (χ0v) is 9.02. The summed E-state index contributed by atoms with van der Waals surface area (Å²) in [5, 5.41) is 3.16. The fourth-order valence-corrected chi connectivity index (χ4v) is 1.35. The van der Waals surface area contributed by atoms with Crippen molar-refractivity contribution in [3.8, 4) is 0 Å². The Hall–Kier alpha value is -0.820. The smallest absolute Gasteiger partial charge is 0.0202 e. The van der Waals surface area contributed by atoms with Gasteiger partial charge in [-0.25, -0.2) is 0 Å². The summed E-state index contributed by atoms with van der Waals surface area (Å²) >= 11 is 0. The second kappa shape index (κ2) is 3.93. The highest BCUT2D eigenvalue weighted by atomic mass is 14.8. The van der Waals surface area contributed by atoms with Crippen molar-refractivity contribution in [2.24, 2.45) is 0 Å². The third-order valence-corrected chi connectivity index (χ3v) is 2.17. The highest BCUT2D eigenvalue weighted by molar-refractivity contribution is 5.28. The van der Waals surface area contributed by atoms with Crippen LogP contribution in [-0.2, 0) is 12.0 Å². The molecule has 0 spiro atoms. The highest BCUT2D eigenvalue weighted by Gasteiger charge is 2.12. The molecule has 1 aromatic rings. The van der Waals surface area contributed by atoms with Gasteiger partial charge in [0.25, 0.3) is 0 Å². The van der Waals surface area contributed by atoms with Crippen molar-refractivity contribution in [1.29, 1.82) is 0 Å². The van der Waals surface area contributed by atoms with E-state index in [0.29, 0.717) is 0 Å². The molecule has 0 amide bonds. The summed E-state index contributed by atoms with van der Waals surface area (Å²) < 4.78 is 0. The van der Waals surface area contributed by atoms with Crippen LogP contribution >= 0.6 is 0 Å². The molecule has 0 radical (unpaired) electrons. The molecule has 0 unspecified atom stereocenters. The maximum absolute atomic E-state index is 3.16. The second-order valence-corrected chi connectivity index (χ2v) is 4.48. The molecule has 1 aromatic carbocycles. The number of nitrogens with one attached hydrogen (secondary N) is 1. The van der Waals surface area contributed by atoms with E-state index in [1.807, 2.05) is 7.05 Å². The van der Waals surface area contributed by atoms with Gasteiger partial charge in [0.2, 0.25) is 0 Å². The molecule has 0 fully saturated rings. The van der Waals surface area contributed by atoms with Crippen LogP contribution in [0.1, 0.15) is 31.9 Å². The number of rotatable bonds is 2. The van der Waals surface area contributed by atoms with Gasteiger partial charge in [-0.15, -0.1) is 0 Å². The molecule has 1 nitrogen and oxygen atoms in total. The Morgan fingerprint density at radius 1 is 1.23 bits per heavy atom. The quantitative estimate of drug-likeness (QED) is 0.732. The van der Waals surface area contributed by atoms with E-state index in [-0.39, 0.29) is 5.41 Å². The van der Waals surface area contributed by atoms with Gasteiger partial charge in [0.05, 0.1) is 0 Å². The van der Waals surface area contributed by atoms with Crippen LogP contribution in [0.4, 0.5) is 0 Å². The van der Waals surface area contributed by atoms with Crippen LogP contribution in [0.2, 0.25) is 0 Å². The molecule has 0 aliphatic carbocycles. The second-order valence-electron chi connectivity index (χ2n) is 4.48. The van der Waals surface area contributed by atoms with Crippen LogP contribution in [-0.4, -0.2) is 7.05 Å². The van der Waals surface area contributed by atoms with Crippen molar-refractivity contribution >= 4 is 0 Å². The van der Waals surface area contributed by atoms with E-state index < -0.39 is 0 Å². The topological polar surface area (TPSA) is 12.0 Å².